The van der Waals surface area contributed by atoms with Gasteiger partial charge in [-0.05, 0) is 24.6 Å². The summed E-state index contributed by atoms with van der Waals surface area (Å²) in [5.41, 5.74) is 0.960. The van der Waals surface area contributed by atoms with Gasteiger partial charge in [0.15, 0.2) is 0 Å². The second-order valence-electron chi connectivity index (χ2n) is 6.82. The average molecular weight is 442 g/mol. The van der Waals surface area contributed by atoms with Crippen LogP contribution in [0, 0.1) is 6.92 Å². The van der Waals surface area contributed by atoms with Gasteiger partial charge in [0.2, 0.25) is 10.8 Å². The van der Waals surface area contributed by atoms with E-state index in [4.69, 9.17) is 23.2 Å². The average Bonchev–Trinajstić information content (AvgIpc) is 3.18. The van der Waals surface area contributed by atoms with E-state index in [-0.39, 0.29) is 18.5 Å². The number of benzene rings is 1. The van der Waals surface area contributed by atoms with Crippen LogP contribution < -0.4 is 0 Å². The molecule has 0 spiro atoms. The topological polar surface area (TPSA) is 77.1 Å². The van der Waals surface area contributed by atoms with Gasteiger partial charge in [0.05, 0.1) is 27.6 Å². The van der Waals surface area contributed by atoms with Gasteiger partial charge in [-0.1, -0.05) is 40.6 Å². The van der Waals surface area contributed by atoms with E-state index in [0.29, 0.717) is 27.4 Å². The highest BCUT2D eigenvalue weighted by molar-refractivity contribution is 7.17. The molecule has 4 rings (SSSR count). The van der Waals surface area contributed by atoms with Crippen molar-refractivity contribution in [2.75, 3.05) is 39.3 Å². The summed E-state index contributed by atoms with van der Waals surface area (Å²) in [7, 11) is 0. The van der Waals surface area contributed by atoms with Crippen molar-refractivity contribution in [3.05, 3.63) is 44.5 Å². The van der Waals surface area contributed by atoms with Gasteiger partial charge in [0.1, 0.15) is 5.82 Å². The van der Waals surface area contributed by atoms with Crippen LogP contribution in [-0.2, 0) is 0 Å². The summed E-state index contributed by atoms with van der Waals surface area (Å²) in [6.45, 7) is 5.93. The smallest absolute Gasteiger partial charge is 0.230 e. The summed E-state index contributed by atoms with van der Waals surface area (Å²) in [6.07, 6.45) is 0. The Morgan fingerprint density at radius 3 is 2.57 bits per heavy atom. The quantitative estimate of drug-likeness (QED) is 0.633. The first kappa shape index (κ1) is 19.9. The minimum Gasteiger partial charge on any atom is -0.492 e. The van der Waals surface area contributed by atoms with Crippen LogP contribution >= 0.6 is 34.5 Å². The van der Waals surface area contributed by atoms with Crippen molar-refractivity contribution >= 4 is 39.5 Å². The molecule has 0 amide bonds. The fraction of sp³-hybridized carbons (Fsp3) is 0.444. The Morgan fingerprint density at radius 2 is 1.93 bits per heavy atom. The number of β-amino-alcohol motifs (C(OH)–C–C–N with tert-alkyl or cyclic N) is 1. The van der Waals surface area contributed by atoms with Crippen LogP contribution in [0.25, 0.3) is 4.96 Å². The van der Waals surface area contributed by atoms with E-state index in [2.05, 4.69) is 19.9 Å². The second-order valence-corrected chi connectivity index (χ2v) is 8.64. The van der Waals surface area contributed by atoms with Gasteiger partial charge >= 0.3 is 0 Å². The Hall–Kier alpha value is -1.42. The first-order valence-electron chi connectivity index (χ1n) is 9.05. The van der Waals surface area contributed by atoms with Crippen molar-refractivity contribution in [1.29, 1.82) is 0 Å². The number of rotatable bonds is 5. The Bertz CT molecular complexity index is 984. The van der Waals surface area contributed by atoms with Gasteiger partial charge in [-0.25, -0.2) is 4.98 Å². The van der Waals surface area contributed by atoms with Crippen LogP contribution in [0.15, 0.2) is 18.2 Å². The van der Waals surface area contributed by atoms with Crippen LogP contribution in [0.1, 0.15) is 22.3 Å². The molecule has 2 N–H and O–H groups in total. The predicted octanol–water partition coefficient (Wildman–Crippen LogP) is 2.81. The Kier molecular flexibility index (Phi) is 5.78. The fourth-order valence-electron chi connectivity index (χ4n) is 3.62. The van der Waals surface area contributed by atoms with Crippen LogP contribution in [-0.4, -0.2) is 73.9 Å². The lowest BCUT2D eigenvalue weighted by Gasteiger charge is -2.39. The molecule has 1 atom stereocenters. The fourth-order valence-corrected chi connectivity index (χ4v) is 5.09. The Morgan fingerprint density at radius 1 is 1.18 bits per heavy atom. The molecule has 0 saturated carbocycles. The molecule has 10 heteroatoms. The van der Waals surface area contributed by atoms with Crippen LogP contribution in [0.2, 0.25) is 10.0 Å². The van der Waals surface area contributed by atoms with E-state index >= 15 is 0 Å². The molecule has 1 saturated heterocycles. The molecule has 0 bridgehead atoms. The van der Waals surface area contributed by atoms with E-state index in [1.165, 1.54) is 15.9 Å². The number of halogens is 2. The highest BCUT2D eigenvalue weighted by Gasteiger charge is 2.31. The summed E-state index contributed by atoms with van der Waals surface area (Å²) < 4.78 is 1.49. The van der Waals surface area contributed by atoms with Crippen LogP contribution in [0.5, 0.6) is 5.88 Å². The monoisotopic (exact) mass is 441 g/mol. The zero-order chi connectivity index (χ0) is 19.8. The molecular weight excluding hydrogens is 421 g/mol. The molecule has 1 fully saturated rings. The van der Waals surface area contributed by atoms with Gasteiger partial charge in [-0.15, -0.1) is 5.10 Å². The van der Waals surface area contributed by atoms with Crippen molar-refractivity contribution in [2.45, 2.75) is 13.0 Å². The van der Waals surface area contributed by atoms with Crippen molar-refractivity contribution < 1.29 is 10.2 Å². The molecule has 7 nitrogen and oxygen atoms in total. The molecule has 28 heavy (non-hydrogen) atoms. The van der Waals surface area contributed by atoms with E-state index in [0.717, 1.165) is 36.6 Å². The SMILES string of the molecule is Cc1nc2sc([C@H](c3ccc(Cl)c(Cl)c3)N3CCN(CCO)CC3)c(O)n2n1. The predicted molar refractivity (Wildman–Crippen MR) is 111 cm³/mol. The molecule has 0 unspecified atom stereocenters. The number of aromatic hydroxyl groups is 1. The van der Waals surface area contributed by atoms with E-state index in [1.54, 1.807) is 13.0 Å². The number of hydrogen-bond acceptors (Lipinski definition) is 7. The van der Waals surface area contributed by atoms with Crippen LogP contribution in [0.4, 0.5) is 0 Å². The number of hydrogen-bond donors (Lipinski definition) is 2. The molecule has 0 aliphatic carbocycles. The third kappa shape index (κ3) is 3.72. The lowest BCUT2D eigenvalue weighted by Crippen LogP contribution is -2.48. The third-order valence-corrected chi connectivity index (χ3v) is 6.81. The zero-order valence-corrected chi connectivity index (χ0v) is 17.7. The molecule has 1 aliphatic rings. The zero-order valence-electron chi connectivity index (χ0n) is 15.3. The number of nitrogens with zero attached hydrogens (tertiary/aromatic N) is 5. The van der Waals surface area contributed by atoms with Gasteiger partial charge in [-0.3, -0.25) is 9.80 Å². The normalized spacial score (nSPS) is 17.4. The Balaban J connectivity index is 1.73. The molecule has 150 valence electrons. The molecule has 3 heterocycles. The molecule has 2 aromatic heterocycles. The molecule has 3 aromatic rings. The second kappa shape index (κ2) is 8.14. The highest BCUT2D eigenvalue weighted by atomic mass is 35.5. The van der Waals surface area contributed by atoms with Gasteiger partial charge in [0, 0.05) is 32.7 Å². The summed E-state index contributed by atoms with van der Waals surface area (Å²) >= 11 is 13.8. The molecule has 1 aromatic carbocycles. The van der Waals surface area contributed by atoms with E-state index in [1.807, 2.05) is 12.1 Å². The number of thiazole rings is 1. The number of aliphatic hydroxyl groups is 1. The number of aryl methyl sites for hydroxylation is 1. The number of piperazine rings is 1. The summed E-state index contributed by atoms with van der Waals surface area (Å²) in [5.74, 6) is 0.728. The summed E-state index contributed by atoms with van der Waals surface area (Å²) in [6, 6.07) is 5.40. The third-order valence-electron chi connectivity index (χ3n) is 5.00. The maximum Gasteiger partial charge on any atom is 0.230 e. The Labute approximate surface area is 176 Å². The summed E-state index contributed by atoms with van der Waals surface area (Å²) in [4.78, 5) is 10.4. The lowest BCUT2D eigenvalue weighted by molar-refractivity contribution is 0.0945. The maximum atomic E-state index is 10.9. The van der Waals surface area contributed by atoms with Crippen LogP contribution in [0.3, 0.4) is 0 Å². The number of fused-ring (bicyclic) bond motifs is 1. The molecule has 1 aliphatic heterocycles. The van der Waals surface area contributed by atoms with Crippen molar-refractivity contribution in [2.24, 2.45) is 0 Å². The summed E-state index contributed by atoms with van der Waals surface area (Å²) in [5, 5.41) is 25.3. The minimum absolute atomic E-state index is 0.106. The largest absolute Gasteiger partial charge is 0.492 e. The van der Waals surface area contributed by atoms with Crippen molar-refractivity contribution in [1.82, 2.24) is 24.4 Å². The minimum atomic E-state index is -0.181. The molecular formula is C18H21Cl2N5O2S. The van der Waals surface area contributed by atoms with Gasteiger partial charge < -0.3 is 10.2 Å². The first-order valence-corrected chi connectivity index (χ1v) is 10.6. The highest BCUT2D eigenvalue weighted by Crippen LogP contribution is 2.41. The van der Waals surface area contributed by atoms with E-state index in [9.17, 15) is 10.2 Å². The number of aliphatic hydroxyl groups excluding tert-OH is 1. The first-order chi connectivity index (χ1) is 13.5. The maximum absolute atomic E-state index is 10.9. The van der Waals surface area contributed by atoms with Crippen molar-refractivity contribution in [3.63, 3.8) is 0 Å². The van der Waals surface area contributed by atoms with Gasteiger partial charge in [0.25, 0.3) is 0 Å². The van der Waals surface area contributed by atoms with Crippen molar-refractivity contribution in [3.8, 4) is 5.88 Å². The number of aromatic nitrogens is 3. The molecule has 0 radical (unpaired) electrons. The van der Waals surface area contributed by atoms with E-state index < -0.39 is 0 Å². The lowest BCUT2D eigenvalue weighted by atomic mass is 10.0. The standard InChI is InChI=1S/C18H21Cl2N5O2S/c1-11-21-18-25(22-11)17(27)16(28-18)15(12-2-3-13(19)14(20)10-12)24-6-4-23(5-7-24)8-9-26/h2-3,10,15,26-27H,4-9H2,1H3/t15-/m0/s1. The van der Waals surface area contributed by atoms with Gasteiger partial charge in [-0.2, -0.15) is 4.52 Å².